The Labute approximate surface area is 204 Å². The molecule has 2 bridgehead atoms. The third kappa shape index (κ3) is 3.71. The van der Waals surface area contributed by atoms with Crippen molar-refractivity contribution < 1.29 is 9.59 Å². The van der Waals surface area contributed by atoms with Gasteiger partial charge in [0, 0.05) is 31.2 Å². The number of likely N-dealkylation sites (tertiary alicyclic amines) is 1. The Kier molecular flexibility index (Phi) is 5.79. The smallest absolute Gasteiger partial charge is 0.255 e. The van der Waals surface area contributed by atoms with Crippen LogP contribution < -0.4 is 0 Å². The van der Waals surface area contributed by atoms with Crippen LogP contribution in [-0.2, 0) is 11.3 Å². The van der Waals surface area contributed by atoms with E-state index in [-0.39, 0.29) is 23.9 Å². The minimum absolute atomic E-state index is 0.0277. The summed E-state index contributed by atoms with van der Waals surface area (Å²) >= 11 is 0. The Bertz CT molecular complexity index is 1000. The Morgan fingerprint density at radius 1 is 1.12 bits per heavy atom. The summed E-state index contributed by atoms with van der Waals surface area (Å²) in [7, 11) is 0. The summed E-state index contributed by atoms with van der Waals surface area (Å²) in [6.07, 6.45) is 10.7. The number of fused-ring (bicyclic) bond motifs is 7. The van der Waals surface area contributed by atoms with Crippen LogP contribution in [0.1, 0.15) is 74.7 Å². The van der Waals surface area contributed by atoms with Crippen molar-refractivity contribution in [3.8, 4) is 0 Å². The van der Waals surface area contributed by atoms with Gasteiger partial charge in [0.1, 0.15) is 6.04 Å². The van der Waals surface area contributed by atoms with Crippen molar-refractivity contribution in [2.75, 3.05) is 19.6 Å². The number of carbonyl (C=O) groups excluding carboxylic acids is 2. The highest BCUT2D eigenvalue weighted by molar-refractivity contribution is 6.01. The summed E-state index contributed by atoms with van der Waals surface area (Å²) in [6.45, 7) is 8.07. The molecule has 5 heteroatoms. The van der Waals surface area contributed by atoms with Crippen molar-refractivity contribution in [2.45, 2.75) is 83.5 Å². The molecule has 182 valence electrons. The molecule has 0 aromatic heterocycles. The average Bonchev–Trinajstić information content (AvgIpc) is 3.18. The third-order valence-corrected chi connectivity index (χ3v) is 9.15. The number of carbonyl (C=O) groups is 2. The lowest BCUT2D eigenvalue weighted by molar-refractivity contribution is -0.142. The van der Waals surface area contributed by atoms with Crippen LogP contribution in [0.5, 0.6) is 0 Å². The summed E-state index contributed by atoms with van der Waals surface area (Å²) < 4.78 is 0. The van der Waals surface area contributed by atoms with Gasteiger partial charge >= 0.3 is 0 Å². The van der Waals surface area contributed by atoms with Crippen LogP contribution in [0.2, 0.25) is 0 Å². The molecule has 0 spiro atoms. The molecule has 4 aliphatic heterocycles. The summed E-state index contributed by atoms with van der Waals surface area (Å²) in [5, 5.41) is 0. The molecule has 0 saturated carbocycles. The van der Waals surface area contributed by atoms with Gasteiger partial charge in [-0.05, 0) is 74.5 Å². The van der Waals surface area contributed by atoms with E-state index in [9.17, 15) is 9.59 Å². The fourth-order valence-corrected chi connectivity index (χ4v) is 7.75. The molecule has 1 aromatic carbocycles. The average molecular weight is 462 g/mol. The van der Waals surface area contributed by atoms with E-state index in [0.29, 0.717) is 24.3 Å². The molecule has 1 aliphatic carbocycles. The predicted octanol–water partition coefficient (Wildman–Crippen LogP) is 4.48. The van der Waals surface area contributed by atoms with Crippen LogP contribution >= 0.6 is 0 Å². The maximum absolute atomic E-state index is 14.3. The van der Waals surface area contributed by atoms with Gasteiger partial charge in [0.2, 0.25) is 5.91 Å². The molecule has 34 heavy (non-hydrogen) atoms. The van der Waals surface area contributed by atoms with Crippen LogP contribution in [-0.4, -0.2) is 64.3 Å². The molecule has 0 N–H and O–H groups in total. The van der Waals surface area contributed by atoms with E-state index in [1.807, 2.05) is 29.2 Å². The number of piperidine rings is 3. The van der Waals surface area contributed by atoms with E-state index in [1.54, 1.807) is 0 Å². The highest BCUT2D eigenvalue weighted by atomic mass is 16.2. The highest BCUT2D eigenvalue weighted by Crippen LogP contribution is 2.45. The largest absolute Gasteiger partial charge is 0.334 e. The number of hydrogen-bond donors (Lipinski definition) is 0. The Balaban J connectivity index is 1.29. The van der Waals surface area contributed by atoms with Crippen molar-refractivity contribution >= 4 is 11.8 Å². The molecule has 6 rings (SSSR count). The van der Waals surface area contributed by atoms with Gasteiger partial charge in [-0.2, -0.15) is 0 Å². The van der Waals surface area contributed by atoms with Gasteiger partial charge in [0.05, 0.1) is 6.04 Å². The molecule has 2 amide bonds. The zero-order valence-corrected chi connectivity index (χ0v) is 20.8. The highest BCUT2D eigenvalue weighted by Gasteiger charge is 2.48. The minimum atomic E-state index is -0.372. The molecule has 5 aliphatic rings. The Morgan fingerprint density at radius 2 is 1.97 bits per heavy atom. The summed E-state index contributed by atoms with van der Waals surface area (Å²) in [5.74, 6) is 1.77. The first kappa shape index (κ1) is 22.3. The van der Waals surface area contributed by atoms with Crippen molar-refractivity contribution in [2.24, 2.45) is 17.8 Å². The van der Waals surface area contributed by atoms with Crippen LogP contribution in [0.15, 0.2) is 35.9 Å². The maximum atomic E-state index is 14.3. The van der Waals surface area contributed by atoms with E-state index in [2.05, 4.69) is 29.7 Å². The molecule has 3 fully saturated rings. The Hall–Kier alpha value is -2.14. The van der Waals surface area contributed by atoms with Gasteiger partial charge in [-0.25, -0.2) is 0 Å². The number of benzene rings is 1. The fraction of sp³-hybridized carbons (Fsp3) is 0.655. The zero-order chi connectivity index (χ0) is 23.4. The Morgan fingerprint density at radius 3 is 2.79 bits per heavy atom. The van der Waals surface area contributed by atoms with E-state index in [4.69, 9.17) is 0 Å². The molecule has 3 saturated heterocycles. The van der Waals surface area contributed by atoms with Crippen molar-refractivity contribution in [1.29, 1.82) is 0 Å². The van der Waals surface area contributed by atoms with E-state index < -0.39 is 0 Å². The van der Waals surface area contributed by atoms with Gasteiger partial charge in [-0.1, -0.05) is 50.1 Å². The van der Waals surface area contributed by atoms with Crippen LogP contribution in [0, 0.1) is 17.8 Å². The standard InChI is InChI=1S/C29H39N3O2/c1-19(2)14-26(32-18-21-8-3-4-10-24(21)28(32)33)29(34)31-13-7-9-20-15-22-16-23(27(20)31)17-30-12-6-5-11-25(22)30/h3-4,8,10,15,19,22-23,25-27H,5-7,9,11-14,16-18H2,1-2H3/t22?,23?,25-,26+,27-/m1/s1. The second kappa shape index (κ2) is 8.82. The zero-order valence-electron chi connectivity index (χ0n) is 20.8. The first-order chi connectivity index (χ1) is 16.5. The van der Waals surface area contributed by atoms with Crippen LogP contribution in [0.25, 0.3) is 0 Å². The van der Waals surface area contributed by atoms with Gasteiger partial charge in [-0.15, -0.1) is 0 Å². The summed E-state index contributed by atoms with van der Waals surface area (Å²) in [4.78, 5) is 34.5. The van der Waals surface area contributed by atoms with Crippen molar-refractivity contribution in [3.63, 3.8) is 0 Å². The first-order valence-corrected chi connectivity index (χ1v) is 13.6. The number of nitrogens with zero attached hydrogens (tertiary/aromatic N) is 3. The molecule has 1 aromatic rings. The SMILES string of the molecule is CC(C)C[C@@H](C(=O)N1CCCC2=CC3CC(CN4CCCC[C@H]34)[C@@H]21)N1Cc2ccccc2C1=O. The molecule has 0 radical (unpaired) electrons. The summed E-state index contributed by atoms with van der Waals surface area (Å²) in [5.41, 5.74) is 3.34. The number of rotatable bonds is 4. The molecule has 5 atom stereocenters. The lowest BCUT2D eigenvalue weighted by Gasteiger charge is -2.55. The second-order valence-corrected chi connectivity index (χ2v) is 11.8. The third-order valence-electron chi connectivity index (χ3n) is 9.15. The molecule has 2 unspecified atom stereocenters. The molecule has 5 nitrogen and oxygen atoms in total. The lowest BCUT2D eigenvalue weighted by Crippen LogP contribution is -2.62. The topological polar surface area (TPSA) is 43.9 Å². The van der Waals surface area contributed by atoms with E-state index in [0.717, 1.165) is 49.5 Å². The normalized spacial score (nSPS) is 31.6. The number of amides is 2. The van der Waals surface area contributed by atoms with Gasteiger partial charge in [0.25, 0.3) is 5.91 Å². The van der Waals surface area contributed by atoms with E-state index >= 15 is 0 Å². The lowest BCUT2D eigenvalue weighted by atomic mass is 9.68. The van der Waals surface area contributed by atoms with Crippen LogP contribution in [0.3, 0.4) is 0 Å². The number of hydrogen-bond acceptors (Lipinski definition) is 3. The molecular formula is C29H39N3O2. The van der Waals surface area contributed by atoms with Gasteiger partial charge < -0.3 is 9.80 Å². The van der Waals surface area contributed by atoms with Gasteiger partial charge in [-0.3, -0.25) is 14.5 Å². The quantitative estimate of drug-likeness (QED) is 0.621. The minimum Gasteiger partial charge on any atom is -0.334 e. The first-order valence-electron chi connectivity index (χ1n) is 13.6. The van der Waals surface area contributed by atoms with Crippen molar-refractivity contribution in [1.82, 2.24) is 14.7 Å². The van der Waals surface area contributed by atoms with E-state index in [1.165, 1.54) is 37.8 Å². The maximum Gasteiger partial charge on any atom is 0.255 e. The predicted molar refractivity (Wildman–Crippen MR) is 133 cm³/mol. The second-order valence-electron chi connectivity index (χ2n) is 11.8. The molecular weight excluding hydrogens is 422 g/mol. The van der Waals surface area contributed by atoms with Crippen LogP contribution in [0.4, 0.5) is 0 Å². The van der Waals surface area contributed by atoms with Crippen molar-refractivity contribution in [3.05, 3.63) is 47.0 Å². The fourth-order valence-electron chi connectivity index (χ4n) is 7.75. The monoisotopic (exact) mass is 461 g/mol. The summed E-state index contributed by atoms with van der Waals surface area (Å²) in [6, 6.07) is 8.44. The molecule has 4 heterocycles. The van der Waals surface area contributed by atoms with Gasteiger partial charge in [0.15, 0.2) is 0 Å².